The van der Waals surface area contributed by atoms with Crippen molar-refractivity contribution in [1.29, 1.82) is 0 Å². The quantitative estimate of drug-likeness (QED) is 0.826. The number of hydrogen-bond donors (Lipinski definition) is 2. The monoisotopic (exact) mass is 246 g/mol. The molecule has 0 heterocycles. The Labute approximate surface area is 102 Å². The van der Waals surface area contributed by atoms with E-state index in [4.69, 9.17) is 20.9 Å². The summed E-state index contributed by atoms with van der Waals surface area (Å²) in [5.74, 6) is 1.49. The van der Waals surface area contributed by atoms with Crippen molar-refractivity contribution in [3.8, 4) is 11.5 Å². The van der Waals surface area contributed by atoms with Crippen LogP contribution >= 0.6 is 12.4 Å². The van der Waals surface area contributed by atoms with E-state index in [1.807, 2.05) is 18.2 Å². The zero-order chi connectivity index (χ0) is 11.3. The summed E-state index contributed by atoms with van der Waals surface area (Å²) in [6, 6.07) is 5.46. The van der Waals surface area contributed by atoms with E-state index in [9.17, 15) is 0 Å². The molecule has 1 atom stereocenters. The average molecular weight is 247 g/mol. The SMILES string of the molecule is COc1cccc(OC)c1[C@H](N)CCN.Cl. The van der Waals surface area contributed by atoms with E-state index in [0.29, 0.717) is 13.0 Å². The van der Waals surface area contributed by atoms with Gasteiger partial charge in [0.25, 0.3) is 0 Å². The van der Waals surface area contributed by atoms with Gasteiger partial charge < -0.3 is 20.9 Å². The first-order valence-electron chi connectivity index (χ1n) is 4.91. The highest BCUT2D eigenvalue weighted by molar-refractivity contribution is 5.85. The highest BCUT2D eigenvalue weighted by atomic mass is 35.5. The third-order valence-corrected chi connectivity index (χ3v) is 2.31. The van der Waals surface area contributed by atoms with Gasteiger partial charge in [-0.1, -0.05) is 6.07 Å². The van der Waals surface area contributed by atoms with Crippen LogP contribution in [0.3, 0.4) is 0 Å². The predicted octanol–water partition coefficient (Wildman–Crippen LogP) is 1.47. The molecule has 0 radical (unpaired) electrons. The largest absolute Gasteiger partial charge is 0.496 e. The smallest absolute Gasteiger partial charge is 0.127 e. The van der Waals surface area contributed by atoms with Gasteiger partial charge in [-0.3, -0.25) is 0 Å². The maximum atomic E-state index is 6.02. The number of hydrogen-bond acceptors (Lipinski definition) is 4. The second-order valence-electron chi connectivity index (χ2n) is 3.26. The van der Waals surface area contributed by atoms with E-state index in [-0.39, 0.29) is 18.4 Å². The van der Waals surface area contributed by atoms with Crippen LogP contribution in [0.25, 0.3) is 0 Å². The fourth-order valence-corrected chi connectivity index (χ4v) is 1.57. The molecular weight excluding hydrogens is 228 g/mol. The number of methoxy groups -OCH3 is 2. The summed E-state index contributed by atoms with van der Waals surface area (Å²) in [4.78, 5) is 0. The molecule has 0 amide bonds. The molecule has 0 unspecified atom stereocenters. The van der Waals surface area contributed by atoms with Crippen LogP contribution in [0.5, 0.6) is 11.5 Å². The second kappa shape index (κ2) is 7.33. The minimum atomic E-state index is -0.152. The molecule has 5 heteroatoms. The number of benzene rings is 1. The Balaban J connectivity index is 0.00000225. The van der Waals surface area contributed by atoms with Crippen molar-refractivity contribution in [1.82, 2.24) is 0 Å². The Morgan fingerprint density at radius 3 is 2.06 bits per heavy atom. The van der Waals surface area contributed by atoms with Crippen molar-refractivity contribution >= 4 is 12.4 Å². The van der Waals surface area contributed by atoms with E-state index in [1.54, 1.807) is 14.2 Å². The molecule has 0 fully saturated rings. The van der Waals surface area contributed by atoms with Crippen LogP contribution in [0, 0.1) is 0 Å². The summed E-state index contributed by atoms with van der Waals surface area (Å²) in [5.41, 5.74) is 12.4. The number of nitrogens with two attached hydrogens (primary N) is 2. The normalized spacial score (nSPS) is 11.5. The molecule has 0 saturated carbocycles. The van der Waals surface area contributed by atoms with Crippen LogP contribution in [-0.4, -0.2) is 20.8 Å². The molecule has 92 valence electrons. The predicted molar refractivity (Wildman–Crippen MR) is 67.4 cm³/mol. The lowest BCUT2D eigenvalue weighted by Crippen LogP contribution is -2.17. The van der Waals surface area contributed by atoms with Crippen LogP contribution in [0.2, 0.25) is 0 Å². The van der Waals surface area contributed by atoms with Gasteiger partial charge >= 0.3 is 0 Å². The van der Waals surface area contributed by atoms with Crippen molar-refractivity contribution in [2.45, 2.75) is 12.5 Å². The van der Waals surface area contributed by atoms with Crippen molar-refractivity contribution in [3.63, 3.8) is 0 Å². The minimum Gasteiger partial charge on any atom is -0.496 e. The number of rotatable bonds is 5. The summed E-state index contributed by atoms with van der Waals surface area (Å²) in [5, 5.41) is 0. The topological polar surface area (TPSA) is 70.5 Å². The van der Waals surface area contributed by atoms with Gasteiger partial charge in [0.05, 0.1) is 19.8 Å². The van der Waals surface area contributed by atoms with Crippen LogP contribution in [0.1, 0.15) is 18.0 Å². The fourth-order valence-electron chi connectivity index (χ4n) is 1.57. The minimum absolute atomic E-state index is 0. The molecule has 0 aliphatic rings. The third-order valence-electron chi connectivity index (χ3n) is 2.31. The molecule has 0 saturated heterocycles. The molecule has 1 aromatic rings. The lowest BCUT2D eigenvalue weighted by Gasteiger charge is -2.18. The summed E-state index contributed by atoms with van der Waals surface area (Å²) < 4.78 is 10.5. The Kier molecular flexibility index (Phi) is 6.88. The molecule has 0 spiro atoms. The number of ether oxygens (including phenoxy) is 2. The standard InChI is InChI=1S/C11H18N2O2.ClH/c1-14-9-4-3-5-10(15-2)11(9)8(13)6-7-12;/h3-5,8H,6-7,12-13H2,1-2H3;1H/t8-;/m1./s1. The molecule has 0 bridgehead atoms. The Hall–Kier alpha value is -0.970. The summed E-state index contributed by atoms with van der Waals surface area (Å²) in [6.45, 7) is 0.544. The molecule has 16 heavy (non-hydrogen) atoms. The lowest BCUT2D eigenvalue weighted by atomic mass is 10.0. The zero-order valence-corrected chi connectivity index (χ0v) is 10.4. The highest BCUT2D eigenvalue weighted by Gasteiger charge is 2.16. The summed E-state index contributed by atoms with van der Waals surface area (Å²) in [7, 11) is 3.24. The third kappa shape index (κ3) is 3.27. The highest BCUT2D eigenvalue weighted by Crippen LogP contribution is 2.33. The second-order valence-corrected chi connectivity index (χ2v) is 3.26. The first-order chi connectivity index (χ1) is 7.24. The van der Waals surface area contributed by atoms with Crippen LogP contribution in [0.4, 0.5) is 0 Å². The van der Waals surface area contributed by atoms with E-state index in [0.717, 1.165) is 17.1 Å². The summed E-state index contributed by atoms with van der Waals surface area (Å²) in [6.07, 6.45) is 0.705. The average Bonchev–Trinajstić information content (AvgIpc) is 2.28. The van der Waals surface area contributed by atoms with Gasteiger partial charge in [-0.15, -0.1) is 12.4 Å². The van der Waals surface area contributed by atoms with Crippen molar-refractivity contribution in [2.75, 3.05) is 20.8 Å². The molecule has 0 aromatic heterocycles. The molecule has 4 N–H and O–H groups in total. The molecule has 4 nitrogen and oxygen atoms in total. The first-order valence-corrected chi connectivity index (χ1v) is 4.91. The van der Waals surface area contributed by atoms with E-state index >= 15 is 0 Å². The van der Waals surface area contributed by atoms with Gasteiger partial charge in [0.15, 0.2) is 0 Å². The van der Waals surface area contributed by atoms with Crippen molar-refractivity contribution in [3.05, 3.63) is 23.8 Å². The molecule has 0 aliphatic heterocycles. The summed E-state index contributed by atoms with van der Waals surface area (Å²) >= 11 is 0. The van der Waals surface area contributed by atoms with Gasteiger partial charge in [0, 0.05) is 6.04 Å². The van der Waals surface area contributed by atoms with Gasteiger partial charge in [0.2, 0.25) is 0 Å². The Morgan fingerprint density at radius 2 is 1.69 bits per heavy atom. The zero-order valence-electron chi connectivity index (χ0n) is 9.60. The maximum Gasteiger partial charge on any atom is 0.127 e. The fraction of sp³-hybridized carbons (Fsp3) is 0.455. The van der Waals surface area contributed by atoms with Gasteiger partial charge in [-0.25, -0.2) is 0 Å². The Morgan fingerprint density at radius 1 is 1.19 bits per heavy atom. The van der Waals surface area contributed by atoms with Crippen molar-refractivity contribution in [2.24, 2.45) is 11.5 Å². The maximum absolute atomic E-state index is 6.02. The van der Waals surface area contributed by atoms with E-state index in [1.165, 1.54) is 0 Å². The van der Waals surface area contributed by atoms with Crippen molar-refractivity contribution < 1.29 is 9.47 Å². The van der Waals surface area contributed by atoms with Crippen LogP contribution in [0.15, 0.2) is 18.2 Å². The van der Waals surface area contributed by atoms with Gasteiger partial charge in [0.1, 0.15) is 11.5 Å². The van der Waals surface area contributed by atoms with Crippen LogP contribution < -0.4 is 20.9 Å². The molecule has 0 aliphatic carbocycles. The van der Waals surface area contributed by atoms with E-state index < -0.39 is 0 Å². The number of halogens is 1. The van der Waals surface area contributed by atoms with Gasteiger partial charge in [-0.2, -0.15) is 0 Å². The van der Waals surface area contributed by atoms with Gasteiger partial charge in [-0.05, 0) is 25.1 Å². The van der Waals surface area contributed by atoms with E-state index in [2.05, 4.69) is 0 Å². The molecule has 1 rings (SSSR count). The van der Waals surface area contributed by atoms with Crippen LogP contribution in [-0.2, 0) is 0 Å². The Bertz CT molecular complexity index is 299. The first kappa shape index (κ1) is 15.0. The lowest BCUT2D eigenvalue weighted by molar-refractivity contribution is 0.377. The molecular formula is C11H19ClN2O2. The molecule has 1 aromatic carbocycles.